The lowest BCUT2D eigenvalue weighted by atomic mass is 9.88. The highest BCUT2D eigenvalue weighted by atomic mass is 16.2. The van der Waals surface area contributed by atoms with Gasteiger partial charge in [-0.15, -0.1) is 0 Å². The molecular formula is C17H25N3O. The Hall–Kier alpha value is -1.42. The first-order valence-electron chi connectivity index (χ1n) is 8.06. The van der Waals surface area contributed by atoms with Gasteiger partial charge in [0.05, 0.1) is 5.54 Å². The number of rotatable bonds is 3. The maximum atomic E-state index is 12.7. The summed E-state index contributed by atoms with van der Waals surface area (Å²) < 4.78 is 0. The van der Waals surface area contributed by atoms with Crippen LogP contribution in [0.1, 0.15) is 57.7 Å². The fourth-order valence-corrected chi connectivity index (χ4v) is 3.59. The molecule has 1 aliphatic heterocycles. The van der Waals surface area contributed by atoms with Crippen LogP contribution in [-0.2, 0) is 4.79 Å². The van der Waals surface area contributed by atoms with Crippen molar-refractivity contribution in [2.24, 2.45) is 5.92 Å². The molecule has 114 valence electrons. The zero-order valence-electron chi connectivity index (χ0n) is 13.0. The minimum absolute atomic E-state index is 0.0388. The molecule has 1 atom stereocenters. The number of nitrogens with one attached hydrogen (secondary N) is 1. The molecule has 2 heterocycles. The third kappa shape index (κ3) is 2.95. The van der Waals surface area contributed by atoms with Gasteiger partial charge in [0.1, 0.15) is 6.17 Å². The molecule has 0 aromatic carbocycles. The molecule has 1 amide bonds. The van der Waals surface area contributed by atoms with Gasteiger partial charge in [0.25, 0.3) is 0 Å². The summed E-state index contributed by atoms with van der Waals surface area (Å²) in [5, 5.41) is 3.47. The van der Waals surface area contributed by atoms with Gasteiger partial charge in [-0.05, 0) is 38.7 Å². The van der Waals surface area contributed by atoms with E-state index in [4.69, 9.17) is 0 Å². The lowest BCUT2D eigenvalue weighted by Crippen LogP contribution is -2.41. The monoisotopic (exact) mass is 287 g/mol. The molecular weight excluding hydrogens is 262 g/mol. The van der Waals surface area contributed by atoms with Crippen LogP contribution in [0.15, 0.2) is 24.5 Å². The van der Waals surface area contributed by atoms with Crippen LogP contribution in [0, 0.1) is 5.92 Å². The smallest absolute Gasteiger partial charge is 0.243 e. The zero-order valence-corrected chi connectivity index (χ0v) is 13.0. The molecule has 4 heteroatoms. The highest BCUT2D eigenvalue weighted by Crippen LogP contribution is 2.33. The molecule has 1 aromatic rings. The molecule has 0 spiro atoms. The maximum absolute atomic E-state index is 12.7. The van der Waals surface area contributed by atoms with E-state index in [1.807, 2.05) is 37.1 Å². The highest BCUT2D eigenvalue weighted by Gasteiger charge is 2.45. The van der Waals surface area contributed by atoms with Gasteiger partial charge in [0.2, 0.25) is 5.91 Å². The van der Waals surface area contributed by atoms with Crippen LogP contribution in [0.4, 0.5) is 0 Å². The van der Waals surface area contributed by atoms with Crippen molar-refractivity contribution >= 4 is 5.91 Å². The molecule has 0 bridgehead atoms. The quantitative estimate of drug-likeness (QED) is 0.929. The Morgan fingerprint density at radius 1 is 1.33 bits per heavy atom. The number of pyridine rings is 1. The summed E-state index contributed by atoms with van der Waals surface area (Å²) in [4.78, 5) is 19.0. The van der Waals surface area contributed by atoms with E-state index in [0.717, 1.165) is 12.1 Å². The largest absolute Gasteiger partial charge is 0.321 e. The first kappa shape index (κ1) is 14.5. The number of amides is 1. The van der Waals surface area contributed by atoms with Gasteiger partial charge in [0.15, 0.2) is 0 Å². The second-order valence-corrected chi connectivity index (χ2v) is 6.92. The highest BCUT2D eigenvalue weighted by molar-refractivity contribution is 5.88. The van der Waals surface area contributed by atoms with Gasteiger partial charge in [-0.3, -0.25) is 15.1 Å². The Labute approximate surface area is 126 Å². The Bertz CT molecular complexity index is 494. The van der Waals surface area contributed by atoms with E-state index in [1.54, 1.807) is 6.20 Å². The van der Waals surface area contributed by atoms with Crippen molar-refractivity contribution in [2.75, 3.05) is 6.54 Å². The fourth-order valence-electron chi connectivity index (χ4n) is 3.59. The van der Waals surface area contributed by atoms with Crippen LogP contribution in [0.2, 0.25) is 0 Å². The van der Waals surface area contributed by atoms with Crippen LogP contribution < -0.4 is 5.32 Å². The third-order valence-electron chi connectivity index (χ3n) is 4.78. The average molecular weight is 287 g/mol. The lowest BCUT2D eigenvalue weighted by Gasteiger charge is -2.30. The Morgan fingerprint density at radius 3 is 2.76 bits per heavy atom. The minimum atomic E-state index is -0.491. The van der Waals surface area contributed by atoms with E-state index in [0.29, 0.717) is 5.92 Å². The van der Waals surface area contributed by atoms with E-state index in [2.05, 4.69) is 10.3 Å². The van der Waals surface area contributed by atoms with E-state index < -0.39 is 5.54 Å². The average Bonchev–Trinajstić information content (AvgIpc) is 2.73. The van der Waals surface area contributed by atoms with Crippen LogP contribution in [-0.4, -0.2) is 27.9 Å². The number of aromatic nitrogens is 1. The second-order valence-electron chi connectivity index (χ2n) is 6.92. The minimum Gasteiger partial charge on any atom is -0.321 e. The Morgan fingerprint density at radius 2 is 2.10 bits per heavy atom. The van der Waals surface area contributed by atoms with Crippen LogP contribution in [0.25, 0.3) is 0 Å². The first-order valence-corrected chi connectivity index (χ1v) is 8.06. The molecule has 1 aromatic heterocycles. The first-order chi connectivity index (χ1) is 10.1. The topological polar surface area (TPSA) is 45.2 Å². The summed E-state index contributed by atoms with van der Waals surface area (Å²) in [6.45, 7) is 4.81. The molecule has 2 fully saturated rings. The molecule has 1 aliphatic carbocycles. The molecule has 3 rings (SSSR count). The van der Waals surface area contributed by atoms with E-state index in [9.17, 15) is 4.79 Å². The van der Waals surface area contributed by atoms with E-state index in [-0.39, 0.29) is 12.1 Å². The molecule has 4 nitrogen and oxygen atoms in total. The zero-order chi connectivity index (χ0) is 14.9. The molecule has 1 saturated carbocycles. The summed E-state index contributed by atoms with van der Waals surface area (Å²) in [6, 6.07) is 3.98. The van der Waals surface area contributed by atoms with Crippen molar-refractivity contribution in [1.29, 1.82) is 0 Å². The number of hydrogen-bond acceptors (Lipinski definition) is 3. The summed E-state index contributed by atoms with van der Waals surface area (Å²) in [6.07, 6.45) is 10.1. The molecule has 2 aliphatic rings. The Kier molecular flexibility index (Phi) is 3.98. The van der Waals surface area contributed by atoms with E-state index >= 15 is 0 Å². The van der Waals surface area contributed by atoms with Crippen LogP contribution in [0.3, 0.4) is 0 Å². The SMILES string of the molecule is CC1(C)NC(c2cccnc2)N(CC2CCCCC2)C1=O. The number of hydrogen-bond donors (Lipinski definition) is 1. The second kappa shape index (κ2) is 5.76. The fraction of sp³-hybridized carbons (Fsp3) is 0.647. The van der Waals surface area contributed by atoms with Crippen molar-refractivity contribution in [2.45, 2.75) is 57.7 Å². The third-order valence-corrected chi connectivity index (χ3v) is 4.78. The predicted octanol–water partition coefficient (Wildman–Crippen LogP) is 2.87. The van der Waals surface area contributed by atoms with Crippen molar-refractivity contribution < 1.29 is 4.79 Å². The summed E-state index contributed by atoms with van der Waals surface area (Å²) in [5.41, 5.74) is 0.585. The number of carbonyl (C=O) groups is 1. The van der Waals surface area contributed by atoms with Crippen molar-refractivity contribution in [3.8, 4) is 0 Å². The Balaban J connectivity index is 1.81. The maximum Gasteiger partial charge on any atom is 0.243 e. The molecule has 21 heavy (non-hydrogen) atoms. The van der Waals surface area contributed by atoms with Crippen molar-refractivity contribution in [3.63, 3.8) is 0 Å². The molecule has 1 saturated heterocycles. The van der Waals surface area contributed by atoms with Crippen molar-refractivity contribution in [1.82, 2.24) is 15.2 Å². The summed E-state index contributed by atoms with van der Waals surface area (Å²) >= 11 is 0. The predicted molar refractivity (Wildman–Crippen MR) is 82.5 cm³/mol. The standard InChI is InChI=1S/C17H25N3O/c1-17(2)16(21)20(12-13-7-4-3-5-8-13)15(19-17)14-9-6-10-18-11-14/h6,9-11,13,15,19H,3-5,7-8,12H2,1-2H3. The van der Waals surface area contributed by atoms with Gasteiger partial charge in [-0.25, -0.2) is 0 Å². The van der Waals surface area contributed by atoms with Gasteiger partial charge >= 0.3 is 0 Å². The van der Waals surface area contributed by atoms with Gasteiger partial charge in [-0.1, -0.05) is 25.3 Å². The molecule has 1 unspecified atom stereocenters. The van der Waals surface area contributed by atoms with Gasteiger partial charge in [0, 0.05) is 24.5 Å². The number of carbonyl (C=O) groups excluding carboxylic acids is 1. The van der Waals surface area contributed by atoms with Crippen molar-refractivity contribution in [3.05, 3.63) is 30.1 Å². The molecule has 1 N–H and O–H groups in total. The van der Waals surface area contributed by atoms with E-state index in [1.165, 1.54) is 32.1 Å². The van der Waals surface area contributed by atoms with Crippen LogP contribution in [0.5, 0.6) is 0 Å². The lowest BCUT2D eigenvalue weighted by molar-refractivity contribution is -0.133. The molecule has 0 radical (unpaired) electrons. The van der Waals surface area contributed by atoms with Gasteiger partial charge in [-0.2, -0.15) is 0 Å². The summed E-state index contributed by atoms with van der Waals surface area (Å²) in [7, 11) is 0. The van der Waals surface area contributed by atoms with Gasteiger partial charge < -0.3 is 4.90 Å². The number of nitrogens with zero attached hydrogens (tertiary/aromatic N) is 2. The summed E-state index contributed by atoms with van der Waals surface area (Å²) in [5.74, 6) is 0.861. The normalized spacial score (nSPS) is 26.3. The van der Waals surface area contributed by atoms with Crippen LogP contribution >= 0.6 is 0 Å².